The molecule has 10 rings (SSSR count). The maximum absolute atomic E-state index is 17.0. The zero-order valence-corrected chi connectivity index (χ0v) is 40.8. The van der Waals surface area contributed by atoms with Crippen molar-refractivity contribution in [2.75, 3.05) is 13.2 Å². The van der Waals surface area contributed by atoms with Crippen molar-refractivity contribution >= 4 is 69.7 Å². The van der Waals surface area contributed by atoms with Crippen molar-refractivity contribution in [3.8, 4) is 67.1 Å². The lowest BCUT2D eigenvalue weighted by Gasteiger charge is -2.19. The minimum absolute atomic E-state index is 0.0982. The quantitative estimate of drug-likeness (QED) is 0.0747. The molecule has 0 N–H and O–H groups in total. The molecule has 334 valence electrons. The molecule has 2 aliphatic heterocycles. The molecule has 0 bridgehead atoms. The summed E-state index contributed by atoms with van der Waals surface area (Å²) in [6.07, 6.45) is 3.85. The molecule has 2 aliphatic rings. The first-order valence-corrected chi connectivity index (χ1v) is 27.1. The van der Waals surface area contributed by atoms with Crippen molar-refractivity contribution in [3.63, 3.8) is 0 Å². The van der Waals surface area contributed by atoms with Gasteiger partial charge in [0.05, 0.1) is 22.4 Å². The SMILES string of the molecule is CCCCOc1ccc(-c2ccc(-c3csc(C4Sc5ccccc5S4)c3-c3c(-c4ccc(-c5ccc(OCCCC)cc5)c(F)c4F)csc3C3Sc4ccccc4S3)c(F)c2F)cc1. The summed E-state index contributed by atoms with van der Waals surface area (Å²) in [6, 6.07) is 37.1. The summed E-state index contributed by atoms with van der Waals surface area (Å²) in [4.78, 5) is 6.38. The molecule has 66 heavy (non-hydrogen) atoms. The van der Waals surface area contributed by atoms with Gasteiger partial charge in [-0.25, -0.2) is 17.6 Å². The van der Waals surface area contributed by atoms with E-state index in [1.54, 1.807) is 120 Å². The van der Waals surface area contributed by atoms with Crippen molar-refractivity contribution in [3.05, 3.63) is 165 Å². The van der Waals surface area contributed by atoms with E-state index < -0.39 is 23.3 Å². The second-order valence-electron chi connectivity index (χ2n) is 15.8. The van der Waals surface area contributed by atoms with E-state index in [0.717, 1.165) is 55.0 Å². The average Bonchev–Trinajstić information content (AvgIpc) is 4.16. The van der Waals surface area contributed by atoms with E-state index in [0.29, 0.717) is 58.1 Å². The van der Waals surface area contributed by atoms with E-state index >= 15 is 17.6 Å². The topological polar surface area (TPSA) is 18.5 Å². The van der Waals surface area contributed by atoms with Crippen LogP contribution in [0, 0.1) is 23.3 Å². The van der Waals surface area contributed by atoms with Gasteiger partial charge in [0.2, 0.25) is 0 Å². The number of thiophene rings is 2. The normalized spacial score (nSPS) is 13.6. The van der Waals surface area contributed by atoms with Gasteiger partial charge in [-0.05, 0) is 83.3 Å². The lowest BCUT2D eigenvalue weighted by atomic mass is 9.90. The molecule has 0 aliphatic carbocycles. The molecule has 0 atom stereocenters. The molecule has 2 aromatic heterocycles. The van der Waals surface area contributed by atoms with Crippen LogP contribution in [-0.4, -0.2) is 13.2 Å². The first-order chi connectivity index (χ1) is 32.3. The van der Waals surface area contributed by atoms with E-state index in [1.165, 1.54) is 22.7 Å². The number of ether oxygens (including phenoxy) is 2. The van der Waals surface area contributed by atoms with Crippen molar-refractivity contribution < 1.29 is 27.0 Å². The number of halogens is 4. The number of thioether (sulfide) groups is 4. The van der Waals surface area contributed by atoms with Gasteiger partial charge in [-0.2, -0.15) is 0 Å². The number of hydrogen-bond acceptors (Lipinski definition) is 8. The van der Waals surface area contributed by atoms with Gasteiger partial charge < -0.3 is 9.47 Å². The van der Waals surface area contributed by atoms with Crippen LogP contribution in [0.1, 0.15) is 58.4 Å². The third-order valence-electron chi connectivity index (χ3n) is 11.6. The summed E-state index contributed by atoms with van der Waals surface area (Å²) in [5.74, 6) is -2.54. The molecule has 0 radical (unpaired) electrons. The van der Waals surface area contributed by atoms with E-state index in [1.807, 2.05) is 35.0 Å². The molecule has 0 saturated heterocycles. The van der Waals surface area contributed by atoms with Gasteiger partial charge in [0.25, 0.3) is 0 Å². The first-order valence-electron chi connectivity index (χ1n) is 21.8. The van der Waals surface area contributed by atoms with Crippen LogP contribution in [0.4, 0.5) is 17.6 Å². The van der Waals surface area contributed by atoms with Crippen LogP contribution in [0.3, 0.4) is 0 Å². The van der Waals surface area contributed by atoms with Gasteiger partial charge in [0, 0.05) is 73.8 Å². The van der Waals surface area contributed by atoms with E-state index in [9.17, 15) is 0 Å². The molecule has 12 heteroatoms. The zero-order chi connectivity index (χ0) is 45.3. The van der Waals surface area contributed by atoms with Crippen molar-refractivity contribution in [1.29, 1.82) is 0 Å². The minimum Gasteiger partial charge on any atom is -0.494 e. The van der Waals surface area contributed by atoms with Crippen molar-refractivity contribution in [2.45, 2.75) is 68.3 Å². The summed E-state index contributed by atoms with van der Waals surface area (Å²) < 4.78 is 78.7. The third-order valence-corrected chi connectivity index (χ3v) is 19.9. The number of fused-ring (bicyclic) bond motifs is 2. The molecule has 0 fully saturated rings. The number of rotatable bonds is 15. The van der Waals surface area contributed by atoms with Crippen LogP contribution < -0.4 is 9.47 Å². The Hall–Kier alpha value is -4.56. The van der Waals surface area contributed by atoms with Crippen LogP contribution in [0.15, 0.2) is 152 Å². The average molecular weight is 991 g/mol. The lowest BCUT2D eigenvalue weighted by molar-refractivity contribution is 0.309. The molecule has 0 saturated carbocycles. The molecule has 4 heterocycles. The predicted molar refractivity (Wildman–Crippen MR) is 272 cm³/mol. The molecule has 0 spiro atoms. The third kappa shape index (κ3) is 8.85. The highest BCUT2D eigenvalue weighted by molar-refractivity contribution is 8.19. The van der Waals surface area contributed by atoms with E-state index in [-0.39, 0.29) is 31.4 Å². The van der Waals surface area contributed by atoms with Crippen LogP contribution in [0.5, 0.6) is 11.5 Å². The lowest BCUT2D eigenvalue weighted by Crippen LogP contribution is -1.99. The van der Waals surface area contributed by atoms with E-state index in [2.05, 4.69) is 38.1 Å². The van der Waals surface area contributed by atoms with Crippen LogP contribution >= 0.6 is 69.7 Å². The number of benzene rings is 6. The van der Waals surface area contributed by atoms with Crippen LogP contribution in [0.25, 0.3) is 55.6 Å². The minimum atomic E-state index is -0.977. The van der Waals surface area contributed by atoms with Gasteiger partial charge in [0.15, 0.2) is 23.3 Å². The number of hydrogen-bond donors (Lipinski definition) is 0. The van der Waals surface area contributed by atoms with Gasteiger partial charge in [0.1, 0.15) is 11.5 Å². The van der Waals surface area contributed by atoms with Gasteiger partial charge in [-0.3, -0.25) is 0 Å². The maximum Gasteiger partial charge on any atom is 0.167 e. The Morgan fingerprint density at radius 1 is 0.409 bits per heavy atom. The zero-order valence-electron chi connectivity index (χ0n) is 35.9. The summed E-state index contributed by atoms with van der Waals surface area (Å²) in [7, 11) is 0. The highest BCUT2D eigenvalue weighted by atomic mass is 32.2. The summed E-state index contributed by atoms with van der Waals surface area (Å²) in [5, 5.41) is 3.80. The molecular formula is C54H42F4O2S6. The monoisotopic (exact) mass is 990 g/mol. The van der Waals surface area contributed by atoms with Crippen LogP contribution in [-0.2, 0) is 0 Å². The highest BCUT2D eigenvalue weighted by Crippen LogP contribution is 2.65. The molecule has 0 amide bonds. The Kier molecular flexibility index (Phi) is 13.7. The molecule has 8 aromatic rings. The molecule has 0 unspecified atom stereocenters. The smallest absolute Gasteiger partial charge is 0.167 e. The van der Waals surface area contributed by atoms with Crippen molar-refractivity contribution in [1.82, 2.24) is 0 Å². The predicted octanol–water partition coefficient (Wildman–Crippen LogP) is 18.9. The van der Waals surface area contributed by atoms with Gasteiger partial charge in [-0.15, -0.1) is 69.7 Å². The summed E-state index contributed by atoms with van der Waals surface area (Å²) >= 11 is 9.81. The standard InChI is InChI=1S/C54H42F4O2S6/c1-3-5-27-59-33-19-15-31(16-20-33)35-23-25-37(49(57)47(35)55)39-29-61-51(53-63-41-11-7-8-12-42(41)64-53)45(39)46-40(30-62-52(46)54-65-43-13-9-10-14-44(43)66-54)38-26-24-36(48(56)50(38)58)32-17-21-34(22-18-32)60-28-6-4-2/h7-26,29-30,53-54H,3-6,27-28H2,1-2H3. The van der Waals surface area contributed by atoms with Crippen LogP contribution in [0.2, 0.25) is 0 Å². The van der Waals surface area contributed by atoms with Crippen molar-refractivity contribution in [2.24, 2.45) is 0 Å². The molecular weight excluding hydrogens is 949 g/mol. The highest BCUT2D eigenvalue weighted by Gasteiger charge is 2.37. The second kappa shape index (κ2) is 20.0. The van der Waals surface area contributed by atoms with E-state index in [4.69, 9.17) is 9.47 Å². The second-order valence-corrected chi connectivity index (χ2v) is 22.8. The largest absolute Gasteiger partial charge is 0.494 e. The Balaban J connectivity index is 1.12. The first kappa shape index (κ1) is 45.2. The summed E-state index contributed by atoms with van der Waals surface area (Å²) in [6.45, 7) is 5.35. The Morgan fingerprint density at radius 3 is 1.09 bits per heavy atom. The molecule has 6 aromatic carbocycles. The Labute approximate surface area is 407 Å². The fraction of sp³-hybridized carbons (Fsp3) is 0.185. The molecule has 2 nitrogen and oxygen atoms in total. The fourth-order valence-electron chi connectivity index (χ4n) is 8.11. The van der Waals surface area contributed by atoms with Gasteiger partial charge in [-0.1, -0.05) is 99.5 Å². The van der Waals surface area contributed by atoms with Gasteiger partial charge >= 0.3 is 0 Å². The Bertz CT molecular complexity index is 2780. The fourth-order valence-corrected chi connectivity index (χ4v) is 16.6. The Morgan fingerprint density at radius 2 is 0.742 bits per heavy atom. The maximum atomic E-state index is 17.0. The number of unbranched alkanes of at least 4 members (excludes halogenated alkanes) is 2. The summed E-state index contributed by atoms with van der Waals surface area (Å²) in [5.41, 5.74) is 3.91.